The molecule has 0 spiro atoms. The first-order valence-corrected chi connectivity index (χ1v) is 6.98. The Labute approximate surface area is 126 Å². The standard InChI is InChI=1S/C16H25N3O2/c1-16(2,3)13(17)15(21)19(5)10-11-6-8-12(9-7-11)14(20)18-4/h6-9,13H,10,17H2,1-5H3,(H,18,20)/t13-/m0/s1. The van der Waals surface area contributed by atoms with Crippen LogP contribution in [-0.4, -0.2) is 36.9 Å². The molecule has 5 nitrogen and oxygen atoms in total. The number of nitrogens with one attached hydrogen (secondary N) is 1. The highest BCUT2D eigenvalue weighted by Crippen LogP contribution is 2.19. The molecule has 3 N–H and O–H groups in total. The van der Waals surface area contributed by atoms with Crippen LogP contribution in [0.4, 0.5) is 0 Å². The minimum Gasteiger partial charge on any atom is -0.355 e. The lowest BCUT2D eigenvalue weighted by Gasteiger charge is -2.30. The molecule has 0 aliphatic rings. The van der Waals surface area contributed by atoms with Gasteiger partial charge in [-0.25, -0.2) is 0 Å². The molecule has 1 atom stereocenters. The maximum atomic E-state index is 12.3. The highest BCUT2D eigenvalue weighted by molar-refractivity contribution is 5.93. The van der Waals surface area contributed by atoms with E-state index in [1.54, 1.807) is 31.1 Å². The predicted molar refractivity (Wildman–Crippen MR) is 83.7 cm³/mol. The van der Waals surface area contributed by atoms with E-state index in [0.717, 1.165) is 5.56 Å². The van der Waals surface area contributed by atoms with Gasteiger partial charge in [0.2, 0.25) is 5.91 Å². The van der Waals surface area contributed by atoms with E-state index in [0.29, 0.717) is 12.1 Å². The molecule has 5 heteroatoms. The zero-order chi connectivity index (χ0) is 16.2. The van der Waals surface area contributed by atoms with Crippen LogP contribution >= 0.6 is 0 Å². The summed E-state index contributed by atoms with van der Waals surface area (Å²) in [6, 6.07) is 6.65. The lowest BCUT2D eigenvalue weighted by molar-refractivity contribution is -0.134. The summed E-state index contributed by atoms with van der Waals surface area (Å²) in [4.78, 5) is 25.3. The maximum absolute atomic E-state index is 12.3. The highest BCUT2D eigenvalue weighted by Gasteiger charge is 2.29. The molecule has 0 unspecified atom stereocenters. The van der Waals surface area contributed by atoms with Crippen molar-refractivity contribution in [1.82, 2.24) is 10.2 Å². The average molecular weight is 291 g/mol. The van der Waals surface area contributed by atoms with Crippen molar-refractivity contribution in [3.63, 3.8) is 0 Å². The molecule has 0 radical (unpaired) electrons. The number of likely N-dealkylation sites (N-methyl/N-ethyl adjacent to an activating group) is 1. The molecule has 116 valence electrons. The Balaban J connectivity index is 2.73. The fourth-order valence-corrected chi connectivity index (χ4v) is 1.87. The van der Waals surface area contributed by atoms with Gasteiger partial charge in [-0.15, -0.1) is 0 Å². The van der Waals surface area contributed by atoms with Gasteiger partial charge >= 0.3 is 0 Å². The van der Waals surface area contributed by atoms with Gasteiger partial charge in [0.15, 0.2) is 0 Å². The monoisotopic (exact) mass is 291 g/mol. The summed E-state index contributed by atoms with van der Waals surface area (Å²) < 4.78 is 0. The maximum Gasteiger partial charge on any atom is 0.251 e. The Morgan fingerprint density at radius 3 is 2.19 bits per heavy atom. The molecule has 0 aliphatic carbocycles. The van der Waals surface area contributed by atoms with Gasteiger partial charge in [0, 0.05) is 26.2 Å². The zero-order valence-corrected chi connectivity index (χ0v) is 13.4. The number of hydrogen-bond acceptors (Lipinski definition) is 3. The third kappa shape index (κ3) is 4.56. The molecule has 0 fully saturated rings. The van der Waals surface area contributed by atoms with Crippen LogP contribution in [0.25, 0.3) is 0 Å². The first kappa shape index (κ1) is 17.2. The molecule has 0 bridgehead atoms. The number of nitrogens with zero attached hydrogens (tertiary/aromatic N) is 1. The molecule has 0 aliphatic heterocycles. The van der Waals surface area contributed by atoms with E-state index in [9.17, 15) is 9.59 Å². The van der Waals surface area contributed by atoms with E-state index in [1.165, 1.54) is 0 Å². The minimum atomic E-state index is -0.535. The molecular weight excluding hydrogens is 266 g/mol. The van der Waals surface area contributed by atoms with Crippen LogP contribution in [0.15, 0.2) is 24.3 Å². The smallest absolute Gasteiger partial charge is 0.251 e. The molecule has 2 amide bonds. The number of amides is 2. The summed E-state index contributed by atoms with van der Waals surface area (Å²) in [7, 11) is 3.33. The molecular formula is C16H25N3O2. The van der Waals surface area contributed by atoms with Crippen molar-refractivity contribution in [3.8, 4) is 0 Å². The number of carbonyl (C=O) groups is 2. The van der Waals surface area contributed by atoms with Gasteiger partial charge in [-0.05, 0) is 23.1 Å². The van der Waals surface area contributed by atoms with Gasteiger partial charge in [-0.1, -0.05) is 32.9 Å². The quantitative estimate of drug-likeness (QED) is 0.880. The second kappa shape index (κ2) is 6.72. The first-order chi connectivity index (χ1) is 9.66. The summed E-state index contributed by atoms with van der Waals surface area (Å²) in [5.41, 5.74) is 7.27. The van der Waals surface area contributed by atoms with E-state index >= 15 is 0 Å². The molecule has 1 rings (SSSR count). The van der Waals surface area contributed by atoms with Crippen LogP contribution in [0.2, 0.25) is 0 Å². The molecule has 1 aromatic carbocycles. The summed E-state index contributed by atoms with van der Waals surface area (Å²) in [6.45, 7) is 6.31. The zero-order valence-electron chi connectivity index (χ0n) is 13.4. The Morgan fingerprint density at radius 1 is 1.24 bits per heavy atom. The lowest BCUT2D eigenvalue weighted by atomic mass is 9.86. The normalized spacial score (nSPS) is 12.7. The first-order valence-electron chi connectivity index (χ1n) is 6.98. The number of carbonyl (C=O) groups excluding carboxylic acids is 2. The lowest BCUT2D eigenvalue weighted by Crippen LogP contribution is -2.48. The van der Waals surface area contributed by atoms with E-state index in [2.05, 4.69) is 5.32 Å². The van der Waals surface area contributed by atoms with Crippen molar-refractivity contribution in [1.29, 1.82) is 0 Å². The molecule has 21 heavy (non-hydrogen) atoms. The van der Waals surface area contributed by atoms with Crippen LogP contribution in [0.1, 0.15) is 36.7 Å². The van der Waals surface area contributed by atoms with Crippen molar-refractivity contribution in [2.75, 3.05) is 14.1 Å². The number of nitrogens with two attached hydrogens (primary N) is 1. The number of benzene rings is 1. The summed E-state index contributed by atoms with van der Waals surface area (Å²) in [6.07, 6.45) is 0. The van der Waals surface area contributed by atoms with Crippen LogP contribution in [0.5, 0.6) is 0 Å². The Kier molecular flexibility index (Phi) is 5.49. The van der Waals surface area contributed by atoms with E-state index in [-0.39, 0.29) is 17.2 Å². The molecule has 0 saturated heterocycles. The summed E-state index contributed by atoms with van der Waals surface area (Å²) in [5, 5.41) is 2.57. The minimum absolute atomic E-state index is 0.0853. The van der Waals surface area contributed by atoms with Crippen LogP contribution < -0.4 is 11.1 Å². The number of hydrogen-bond donors (Lipinski definition) is 2. The molecule has 0 heterocycles. The van der Waals surface area contributed by atoms with Gasteiger partial charge in [-0.3, -0.25) is 9.59 Å². The molecule has 1 aromatic rings. The van der Waals surface area contributed by atoms with Crippen molar-refractivity contribution in [2.24, 2.45) is 11.1 Å². The largest absolute Gasteiger partial charge is 0.355 e. The van der Waals surface area contributed by atoms with E-state index in [4.69, 9.17) is 5.73 Å². The van der Waals surface area contributed by atoms with Crippen LogP contribution in [0.3, 0.4) is 0 Å². The third-order valence-corrected chi connectivity index (χ3v) is 3.44. The molecule has 0 saturated carbocycles. The summed E-state index contributed by atoms with van der Waals surface area (Å²) >= 11 is 0. The second-order valence-corrected chi connectivity index (χ2v) is 6.31. The second-order valence-electron chi connectivity index (χ2n) is 6.31. The van der Waals surface area contributed by atoms with Crippen molar-refractivity contribution in [2.45, 2.75) is 33.4 Å². The van der Waals surface area contributed by atoms with Crippen LogP contribution in [-0.2, 0) is 11.3 Å². The van der Waals surface area contributed by atoms with Gasteiger partial charge in [0.25, 0.3) is 5.91 Å². The third-order valence-electron chi connectivity index (χ3n) is 3.44. The fraction of sp³-hybridized carbons (Fsp3) is 0.500. The molecule has 0 aromatic heterocycles. The van der Waals surface area contributed by atoms with Crippen molar-refractivity contribution in [3.05, 3.63) is 35.4 Å². The highest BCUT2D eigenvalue weighted by atomic mass is 16.2. The van der Waals surface area contributed by atoms with Gasteiger partial charge in [0.1, 0.15) is 0 Å². The Bertz CT molecular complexity index is 503. The van der Waals surface area contributed by atoms with E-state index in [1.807, 2.05) is 32.9 Å². The summed E-state index contributed by atoms with van der Waals surface area (Å²) in [5.74, 6) is -0.210. The van der Waals surface area contributed by atoms with Crippen LogP contribution in [0, 0.1) is 5.41 Å². The van der Waals surface area contributed by atoms with Gasteiger partial charge in [0.05, 0.1) is 6.04 Å². The number of rotatable bonds is 4. The van der Waals surface area contributed by atoms with E-state index < -0.39 is 6.04 Å². The van der Waals surface area contributed by atoms with Gasteiger partial charge in [-0.2, -0.15) is 0 Å². The van der Waals surface area contributed by atoms with Crippen molar-refractivity contribution < 1.29 is 9.59 Å². The topological polar surface area (TPSA) is 75.4 Å². The Hall–Kier alpha value is -1.88. The SMILES string of the molecule is CNC(=O)c1ccc(CN(C)C(=O)[C@H](N)C(C)(C)C)cc1. The Morgan fingerprint density at radius 2 is 1.76 bits per heavy atom. The average Bonchev–Trinajstić information content (AvgIpc) is 2.44. The van der Waals surface area contributed by atoms with Crippen molar-refractivity contribution >= 4 is 11.8 Å². The van der Waals surface area contributed by atoms with Gasteiger partial charge < -0.3 is 16.0 Å². The fourth-order valence-electron chi connectivity index (χ4n) is 1.87. The predicted octanol–water partition coefficient (Wildman–Crippen LogP) is 1.38.